The molecule has 0 saturated heterocycles. The summed E-state index contributed by atoms with van der Waals surface area (Å²) in [5, 5.41) is 0. The minimum absolute atomic E-state index is 0.124. The summed E-state index contributed by atoms with van der Waals surface area (Å²) in [4.78, 5) is 11.0. The highest BCUT2D eigenvalue weighted by Gasteiger charge is 2.13. The average Bonchev–Trinajstić information content (AvgIpc) is 2.17. The molecular formula is C10H16O3. The summed E-state index contributed by atoms with van der Waals surface area (Å²) in [5.41, 5.74) is 0. The van der Waals surface area contributed by atoms with Gasteiger partial charge in [0, 0.05) is 6.42 Å². The van der Waals surface area contributed by atoms with Crippen LogP contribution in [0.25, 0.3) is 0 Å². The molecule has 0 amide bonds. The minimum Gasteiger partial charge on any atom is -0.498 e. The van der Waals surface area contributed by atoms with Crippen molar-refractivity contribution in [2.45, 2.75) is 38.7 Å². The first-order valence-corrected chi connectivity index (χ1v) is 4.79. The molecule has 0 radical (unpaired) electrons. The lowest BCUT2D eigenvalue weighted by Gasteiger charge is -2.18. The van der Waals surface area contributed by atoms with E-state index in [1.54, 1.807) is 6.26 Å². The summed E-state index contributed by atoms with van der Waals surface area (Å²) in [7, 11) is 0. The van der Waals surface area contributed by atoms with E-state index in [-0.39, 0.29) is 12.1 Å². The molecular weight excluding hydrogens is 168 g/mol. The highest BCUT2D eigenvalue weighted by molar-refractivity contribution is 5.69. The van der Waals surface area contributed by atoms with Crippen LogP contribution in [0.5, 0.6) is 0 Å². The van der Waals surface area contributed by atoms with Gasteiger partial charge < -0.3 is 9.47 Å². The molecule has 1 aliphatic rings. The van der Waals surface area contributed by atoms with Crippen LogP contribution in [0.1, 0.15) is 32.6 Å². The molecule has 1 aliphatic heterocycles. The van der Waals surface area contributed by atoms with Gasteiger partial charge in [0.25, 0.3) is 0 Å². The highest BCUT2D eigenvalue weighted by Crippen LogP contribution is 2.15. The molecule has 1 unspecified atom stereocenters. The Bertz CT molecular complexity index is 187. The molecule has 0 aromatic carbocycles. The van der Waals surface area contributed by atoms with E-state index in [2.05, 4.69) is 0 Å². The van der Waals surface area contributed by atoms with Crippen LogP contribution in [0.15, 0.2) is 12.3 Å². The van der Waals surface area contributed by atoms with Crippen LogP contribution in [-0.2, 0) is 14.3 Å². The van der Waals surface area contributed by atoms with Crippen molar-refractivity contribution in [2.24, 2.45) is 0 Å². The Labute approximate surface area is 78.7 Å². The monoisotopic (exact) mass is 184 g/mol. The number of rotatable bonds is 4. The van der Waals surface area contributed by atoms with Gasteiger partial charge >= 0.3 is 5.97 Å². The SMILES string of the molecule is CCOC(=O)CCC1CCC=CO1. The number of esters is 1. The molecule has 0 aromatic heterocycles. The molecule has 0 N–H and O–H groups in total. The van der Waals surface area contributed by atoms with Gasteiger partial charge in [0.1, 0.15) is 0 Å². The summed E-state index contributed by atoms with van der Waals surface area (Å²) in [6.07, 6.45) is 7.22. The van der Waals surface area contributed by atoms with Gasteiger partial charge in [-0.1, -0.05) is 0 Å². The third-order valence-corrected chi connectivity index (χ3v) is 2.00. The first kappa shape index (κ1) is 10.1. The smallest absolute Gasteiger partial charge is 0.305 e. The third kappa shape index (κ3) is 3.97. The van der Waals surface area contributed by atoms with Gasteiger partial charge in [-0.15, -0.1) is 0 Å². The number of ether oxygens (including phenoxy) is 2. The Morgan fingerprint density at radius 3 is 3.15 bits per heavy atom. The molecule has 1 heterocycles. The van der Waals surface area contributed by atoms with E-state index in [0.29, 0.717) is 13.0 Å². The fourth-order valence-corrected chi connectivity index (χ4v) is 1.31. The lowest BCUT2D eigenvalue weighted by molar-refractivity contribution is -0.143. The van der Waals surface area contributed by atoms with Gasteiger partial charge in [-0.2, -0.15) is 0 Å². The predicted octanol–water partition coefficient (Wildman–Crippen LogP) is 2.02. The zero-order valence-electron chi connectivity index (χ0n) is 7.99. The maximum Gasteiger partial charge on any atom is 0.305 e. The normalized spacial score (nSPS) is 20.8. The third-order valence-electron chi connectivity index (χ3n) is 2.00. The van der Waals surface area contributed by atoms with Crippen molar-refractivity contribution in [3.63, 3.8) is 0 Å². The molecule has 0 spiro atoms. The van der Waals surface area contributed by atoms with Gasteiger partial charge in [0.05, 0.1) is 19.0 Å². The van der Waals surface area contributed by atoms with Crippen molar-refractivity contribution < 1.29 is 14.3 Å². The van der Waals surface area contributed by atoms with Gasteiger partial charge in [0.2, 0.25) is 0 Å². The van der Waals surface area contributed by atoms with Crippen LogP contribution in [-0.4, -0.2) is 18.7 Å². The molecule has 0 bridgehead atoms. The molecule has 0 saturated carbocycles. The zero-order chi connectivity index (χ0) is 9.52. The second kappa shape index (κ2) is 5.62. The second-order valence-corrected chi connectivity index (χ2v) is 3.05. The van der Waals surface area contributed by atoms with Crippen LogP contribution in [0.3, 0.4) is 0 Å². The largest absolute Gasteiger partial charge is 0.498 e. The van der Waals surface area contributed by atoms with Crippen LogP contribution < -0.4 is 0 Å². The van der Waals surface area contributed by atoms with E-state index >= 15 is 0 Å². The molecule has 0 aliphatic carbocycles. The Morgan fingerprint density at radius 2 is 2.54 bits per heavy atom. The summed E-state index contributed by atoms with van der Waals surface area (Å²) >= 11 is 0. The standard InChI is InChI=1S/C10H16O3/c1-2-12-10(11)7-6-9-5-3-4-8-13-9/h4,8-9H,2-3,5-7H2,1H3. The Kier molecular flexibility index (Phi) is 4.36. The Balaban J connectivity index is 2.11. The van der Waals surface area contributed by atoms with E-state index in [4.69, 9.17) is 9.47 Å². The van der Waals surface area contributed by atoms with Gasteiger partial charge in [0.15, 0.2) is 0 Å². The number of hydrogen-bond acceptors (Lipinski definition) is 3. The van der Waals surface area contributed by atoms with Crippen LogP contribution in [0.2, 0.25) is 0 Å². The van der Waals surface area contributed by atoms with Gasteiger partial charge in [-0.05, 0) is 32.3 Å². The molecule has 0 fully saturated rings. The second-order valence-electron chi connectivity index (χ2n) is 3.05. The van der Waals surface area contributed by atoms with Crippen molar-refractivity contribution in [3.8, 4) is 0 Å². The Hall–Kier alpha value is -0.990. The average molecular weight is 184 g/mol. The molecule has 13 heavy (non-hydrogen) atoms. The fraction of sp³-hybridized carbons (Fsp3) is 0.700. The van der Waals surface area contributed by atoms with Crippen molar-refractivity contribution in [2.75, 3.05) is 6.61 Å². The summed E-state index contributed by atoms with van der Waals surface area (Å²) < 4.78 is 10.1. The maximum atomic E-state index is 11.0. The van der Waals surface area contributed by atoms with Crippen LogP contribution in [0.4, 0.5) is 0 Å². The van der Waals surface area contributed by atoms with E-state index in [9.17, 15) is 4.79 Å². The van der Waals surface area contributed by atoms with Gasteiger partial charge in [-0.25, -0.2) is 0 Å². The minimum atomic E-state index is -0.124. The lowest BCUT2D eigenvalue weighted by atomic mass is 10.1. The summed E-state index contributed by atoms with van der Waals surface area (Å²) in [5.74, 6) is -0.124. The first-order valence-electron chi connectivity index (χ1n) is 4.79. The van der Waals surface area contributed by atoms with Crippen molar-refractivity contribution >= 4 is 5.97 Å². The number of carbonyl (C=O) groups excluding carboxylic acids is 1. The van der Waals surface area contributed by atoms with Gasteiger partial charge in [-0.3, -0.25) is 4.79 Å². The van der Waals surface area contributed by atoms with E-state index in [0.717, 1.165) is 19.3 Å². The van der Waals surface area contributed by atoms with Crippen molar-refractivity contribution in [3.05, 3.63) is 12.3 Å². The molecule has 74 valence electrons. The first-order chi connectivity index (χ1) is 6.33. The highest BCUT2D eigenvalue weighted by atomic mass is 16.5. The molecule has 3 heteroatoms. The van der Waals surface area contributed by atoms with Crippen molar-refractivity contribution in [1.82, 2.24) is 0 Å². The van der Waals surface area contributed by atoms with E-state index < -0.39 is 0 Å². The maximum absolute atomic E-state index is 11.0. The number of allylic oxidation sites excluding steroid dienone is 1. The fourth-order valence-electron chi connectivity index (χ4n) is 1.31. The Morgan fingerprint density at radius 1 is 1.69 bits per heavy atom. The number of hydrogen-bond donors (Lipinski definition) is 0. The number of carbonyl (C=O) groups is 1. The summed E-state index contributed by atoms with van der Waals surface area (Å²) in [6, 6.07) is 0. The molecule has 3 nitrogen and oxygen atoms in total. The van der Waals surface area contributed by atoms with Crippen LogP contribution in [0, 0.1) is 0 Å². The molecule has 1 atom stereocenters. The molecule has 0 aromatic rings. The molecule has 1 rings (SSSR count). The van der Waals surface area contributed by atoms with E-state index in [1.165, 1.54) is 0 Å². The van der Waals surface area contributed by atoms with Crippen LogP contribution >= 0.6 is 0 Å². The lowest BCUT2D eigenvalue weighted by Crippen LogP contribution is -2.15. The zero-order valence-corrected chi connectivity index (χ0v) is 7.99. The van der Waals surface area contributed by atoms with E-state index in [1.807, 2.05) is 13.0 Å². The quantitative estimate of drug-likeness (QED) is 0.627. The topological polar surface area (TPSA) is 35.5 Å². The van der Waals surface area contributed by atoms with Crippen molar-refractivity contribution in [1.29, 1.82) is 0 Å². The summed E-state index contributed by atoms with van der Waals surface area (Å²) in [6.45, 7) is 2.28. The predicted molar refractivity (Wildman–Crippen MR) is 49.1 cm³/mol.